The number of hydrogen-bond acceptors (Lipinski definition) is 2. The average molecular weight is 227 g/mol. The molecule has 0 spiro atoms. The lowest BCUT2D eigenvalue weighted by Gasteiger charge is -2.23. The summed E-state index contributed by atoms with van der Waals surface area (Å²) in [5, 5.41) is 2.42. The van der Waals surface area contributed by atoms with E-state index in [9.17, 15) is 4.79 Å². The van der Waals surface area contributed by atoms with Gasteiger partial charge in [0.1, 0.15) is 5.78 Å². The fraction of sp³-hybridized carbons (Fsp3) is 0.267. The predicted molar refractivity (Wildman–Crippen MR) is 72.5 cm³/mol. The fourth-order valence-corrected chi connectivity index (χ4v) is 2.12. The van der Waals surface area contributed by atoms with Crippen LogP contribution >= 0.6 is 0 Å². The average Bonchev–Trinajstić information content (AvgIpc) is 2.35. The molecule has 2 aromatic carbocycles. The predicted octanol–water partition coefficient (Wildman–Crippen LogP) is 3.26. The van der Waals surface area contributed by atoms with Crippen molar-refractivity contribution in [2.24, 2.45) is 0 Å². The van der Waals surface area contributed by atoms with Gasteiger partial charge in [-0.2, -0.15) is 0 Å². The highest BCUT2D eigenvalue weighted by Crippen LogP contribution is 2.26. The third-order valence-corrected chi connectivity index (χ3v) is 2.90. The first-order valence-electron chi connectivity index (χ1n) is 5.94. The summed E-state index contributed by atoms with van der Waals surface area (Å²) in [6.07, 6.45) is 0. The number of likely N-dealkylation sites (N-methyl/N-ethyl adjacent to an activating group) is 1. The molecule has 0 bridgehead atoms. The normalized spacial score (nSPS) is 10.5. The van der Waals surface area contributed by atoms with Gasteiger partial charge in [0.15, 0.2) is 0 Å². The van der Waals surface area contributed by atoms with Gasteiger partial charge in [-0.05, 0) is 25.3 Å². The zero-order valence-corrected chi connectivity index (χ0v) is 10.3. The van der Waals surface area contributed by atoms with E-state index in [0.717, 1.165) is 12.2 Å². The third kappa shape index (κ3) is 2.47. The number of anilines is 1. The van der Waals surface area contributed by atoms with E-state index in [1.807, 2.05) is 18.2 Å². The van der Waals surface area contributed by atoms with Crippen molar-refractivity contribution in [3.8, 4) is 0 Å². The number of Topliss-reactive ketones (excluding diaryl/α,β-unsaturated/α-hetero) is 1. The molecule has 0 N–H and O–H groups in total. The first-order chi connectivity index (χ1) is 8.22. The number of rotatable bonds is 4. The Labute approximate surface area is 102 Å². The van der Waals surface area contributed by atoms with Crippen molar-refractivity contribution < 1.29 is 4.79 Å². The summed E-state index contributed by atoms with van der Waals surface area (Å²) in [5.74, 6) is 0.194. The molecule has 0 fully saturated rings. The summed E-state index contributed by atoms with van der Waals surface area (Å²) in [5.41, 5.74) is 1.14. The Morgan fingerprint density at radius 3 is 2.53 bits per heavy atom. The quantitative estimate of drug-likeness (QED) is 0.799. The van der Waals surface area contributed by atoms with Gasteiger partial charge < -0.3 is 4.90 Å². The lowest BCUT2D eigenvalue weighted by atomic mass is 10.1. The molecule has 2 aromatic rings. The first kappa shape index (κ1) is 11.6. The van der Waals surface area contributed by atoms with Crippen molar-refractivity contribution in [3.05, 3.63) is 42.5 Å². The van der Waals surface area contributed by atoms with Gasteiger partial charge in [0.05, 0.1) is 6.54 Å². The molecule has 0 radical (unpaired) electrons. The Morgan fingerprint density at radius 2 is 1.82 bits per heavy atom. The van der Waals surface area contributed by atoms with E-state index in [0.29, 0.717) is 6.54 Å². The summed E-state index contributed by atoms with van der Waals surface area (Å²) in [6.45, 7) is 5.02. The molecule has 0 aromatic heterocycles. The molecule has 2 rings (SSSR count). The van der Waals surface area contributed by atoms with E-state index in [4.69, 9.17) is 0 Å². The molecule has 2 nitrogen and oxygen atoms in total. The summed E-state index contributed by atoms with van der Waals surface area (Å²) in [4.78, 5) is 13.4. The lowest BCUT2D eigenvalue weighted by molar-refractivity contribution is -0.115. The number of benzene rings is 2. The molecular weight excluding hydrogens is 210 g/mol. The molecule has 0 amide bonds. The van der Waals surface area contributed by atoms with Gasteiger partial charge in [-0.3, -0.25) is 4.79 Å². The van der Waals surface area contributed by atoms with Crippen LogP contribution < -0.4 is 4.90 Å². The molecule has 0 atom stereocenters. The highest BCUT2D eigenvalue weighted by molar-refractivity contribution is 5.95. The van der Waals surface area contributed by atoms with Crippen LogP contribution in [0.1, 0.15) is 13.8 Å². The Balaban J connectivity index is 2.49. The monoisotopic (exact) mass is 227 g/mol. The standard InChI is InChI=1S/C15H17NO/c1-3-16(11-12(2)17)15-10-6-8-13-7-4-5-9-14(13)15/h4-10H,3,11H2,1-2H3. The van der Waals surface area contributed by atoms with Crippen molar-refractivity contribution in [1.82, 2.24) is 0 Å². The highest BCUT2D eigenvalue weighted by atomic mass is 16.1. The Kier molecular flexibility index (Phi) is 3.43. The smallest absolute Gasteiger partial charge is 0.149 e. The van der Waals surface area contributed by atoms with E-state index in [1.165, 1.54) is 10.8 Å². The SMILES string of the molecule is CCN(CC(C)=O)c1cccc2ccccc12. The van der Waals surface area contributed by atoms with Gasteiger partial charge in [-0.25, -0.2) is 0 Å². The van der Waals surface area contributed by atoms with Crippen LogP contribution in [0.5, 0.6) is 0 Å². The summed E-state index contributed by atoms with van der Waals surface area (Å²) in [7, 11) is 0. The zero-order valence-electron chi connectivity index (χ0n) is 10.3. The van der Waals surface area contributed by atoms with E-state index < -0.39 is 0 Å². The second-order valence-electron chi connectivity index (χ2n) is 4.21. The molecule has 17 heavy (non-hydrogen) atoms. The number of carbonyl (C=O) groups excluding carboxylic acids is 1. The minimum atomic E-state index is 0.194. The van der Waals surface area contributed by atoms with Crippen LogP contribution in [0.4, 0.5) is 5.69 Å². The van der Waals surface area contributed by atoms with Crippen molar-refractivity contribution in [1.29, 1.82) is 0 Å². The van der Waals surface area contributed by atoms with Gasteiger partial charge in [0, 0.05) is 17.6 Å². The summed E-state index contributed by atoms with van der Waals surface area (Å²) >= 11 is 0. The first-order valence-corrected chi connectivity index (χ1v) is 5.94. The van der Waals surface area contributed by atoms with Gasteiger partial charge in [0.2, 0.25) is 0 Å². The van der Waals surface area contributed by atoms with Crippen LogP contribution in [-0.4, -0.2) is 18.9 Å². The minimum Gasteiger partial charge on any atom is -0.364 e. The van der Waals surface area contributed by atoms with Crippen LogP contribution in [-0.2, 0) is 4.79 Å². The van der Waals surface area contributed by atoms with Crippen LogP contribution in [0.2, 0.25) is 0 Å². The molecule has 0 aliphatic carbocycles. The summed E-state index contributed by atoms with van der Waals surface area (Å²) < 4.78 is 0. The number of fused-ring (bicyclic) bond motifs is 1. The molecular formula is C15H17NO. The number of ketones is 1. The number of hydrogen-bond donors (Lipinski definition) is 0. The molecule has 0 saturated heterocycles. The Bertz CT molecular complexity index is 528. The molecule has 0 heterocycles. The highest BCUT2D eigenvalue weighted by Gasteiger charge is 2.09. The van der Waals surface area contributed by atoms with Crippen molar-refractivity contribution in [2.45, 2.75) is 13.8 Å². The van der Waals surface area contributed by atoms with Crippen molar-refractivity contribution in [2.75, 3.05) is 18.0 Å². The Morgan fingerprint density at radius 1 is 1.12 bits per heavy atom. The number of carbonyl (C=O) groups is 1. The molecule has 0 aliphatic rings. The van der Waals surface area contributed by atoms with Gasteiger partial charge in [0.25, 0.3) is 0 Å². The largest absolute Gasteiger partial charge is 0.364 e. The second kappa shape index (κ2) is 5.00. The van der Waals surface area contributed by atoms with Gasteiger partial charge >= 0.3 is 0 Å². The van der Waals surface area contributed by atoms with Crippen molar-refractivity contribution >= 4 is 22.2 Å². The molecule has 0 saturated carbocycles. The maximum atomic E-state index is 11.3. The van der Waals surface area contributed by atoms with E-state index in [2.05, 4.69) is 36.1 Å². The van der Waals surface area contributed by atoms with E-state index >= 15 is 0 Å². The van der Waals surface area contributed by atoms with Crippen LogP contribution in [0.3, 0.4) is 0 Å². The Hall–Kier alpha value is -1.83. The van der Waals surface area contributed by atoms with Crippen LogP contribution in [0.25, 0.3) is 10.8 Å². The molecule has 0 unspecified atom stereocenters. The minimum absolute atomic E-state index is 0.194. The van der Waals surface area contributed by atoms with E-state index in [-0.39, 0.29) is 5.78 Å². The number of nitrogens with zero attached hydrogens (tertiary/aromatic N) is 1. The van der Waals surface area contributed by atoms with Gasteiger partial charge in [-0.1, -0.05) is 36.4 Å². The maximum absolute atomic E-state index is 11.3. The van der Waals surface area contributed by atoms with Crippen LogP contribution in [0, 0.1) is 0 Å². The van der Waals surface area contributed by atoms with Crippen molar-refractivity contribution in [3.63, 3.8) is 0 Å². The summed E-state index contributed by atoms with van der Waals surface area (Å²) in [6, 6.07) is 14.5. The fourth-order valence-electron chi connectivity index (χ4n) is 2.12. The second-order valence-corrected chi connectivity index (χ2v) is 4.21. The molecule has 2 heteroatoms. The third-order valence-electron chi connectivity index (χ3n) is 2.90. The van der Waals surface area contributed by atoms with Crippen LogP contribution in [0.15, 0.2) is 42.5 Å². The zero-order chi connectivity index (χ0) is 12.3. The lowest BCUT2D eigenvalue weighted by Crippen LogP contribution is -2.28. The molecule has 0 aliphatic heterocycles. The maximum Gasteiger partial charge on any atom is 0.149 e. The molecule has 88 valence electrons. The van der Waals surface area contributed by atoms with Gasteiger partial charge in [-0.15, -0.1) is 0 Å². The topological polar surface area (TPSA) is 20.3 Å². The van der Waals surface area contributed by atoms with E-state index in [1.54, 1.807) is 6.92 Å².